The molecule has 0 spiro atoms. The lowest BCUT2D eigenvalue weighted by Gasteiger charge is -2.28. The number of hydrogen-bond donors (Lipinski definition) is 1. The second kappa shape index (κ2) is 10.1. The normalized spacial score (nSPS) is 11.4. The first-order valence-electron chi connectivity index (χ1n) is 9.40. The van der Waals surface area contributed by atoms with Crippen LogP contribution in [0.3, 0.4) is 0 Å². The summed E-state index contributed by atoms with van der Waals surface area (Å²) >= 11 is 0. The minimum atomic E-state index is -1.93. The van der Waals surface area contributed by atoms with Crippen LogP contribution in [0.5, 0.6) is 11.5 Å². The van der Waals surface area contributed by atoms with Gasteiger partial charge in [0.2, 0.25) is 5.60 Å². The van der Waals surface area contributed by atoms with Gasteiger partial charge in [0.1, 0.15) is 18.1 Å². The second-order valence-corrected chi connectivity index (χ2v) is 6.33. The first-order chi connectivity index (χ1) is 13.5. The molecule has 0 heterocycles. The SMILES string of the molecule is CCN(CC)CCOC(=O)C(O)(c1ccc(OC)cc1)c1ccc(OC)cc1. The summed E-state index contributed by atoms with van der Waals surface area (Å²) in [6.45, 7) is 6.66. The number of likely N-dealkylation sites (N-methyl/N-ethyl adjacent to an activating group) is 1. The van der Waals surface area contributed by atoms with E-state index in [9.17, 15) is 9.90 Å². The standard InChI is InChI=1S/C22H29NO5/c1-5-23(6-2)15-16-28-21(24)22(25,17-7-11-19(26-3)12-8-17)18-9-13-20(27-4)14-10-18/h7-14,25H,5-6,15-16H2,1-4H3. The number of hydrogen-bond acceptors (Lipinski definition) is 6. The molecule has 152 valence electrons. The first-order valence-corrected chi connectivity index (χ1v) is 9.40. The molecule has 2 aromatic rings. The molecule has 0 atom stereocenters. The smallest absolute Gasteiger partial charge is 0.347 e. The van der Waals surface area contributed by atoms with E-state index in [1.807, 2.05) is 0 Å². The van der Waals surface area contributed by atoms with Crippen LogP contribution in [-0.4, -0.2) is 56.4 Å². The molecule has 6 nitrogen and oxygen atoms in total. The van der Waals surface area contributed by atoms with Gasteiger partial charge in [-0.1, -0.05) is 38.1 Å². The van der Waals surface area contributed by atoms with E-state index in [4.69, 9.17) is 14.2 Å². The first kappa shape index (κ1) is 21.7. The Labute approximate surface area is 166 Å². The minimum Gasteiger partial charge on any atom is -0.497 e. The van der Waals surface area contributed by atoms with Crippen molar-refractivity contribution in [3.05, 3.63) is 59.7 Å². The highest BCUT2D eigenvalue weighted by molar-refractivity contribution is 5.85. The average Bonchev–Trinajstić information content (AvgIpc) is 2.76. The molecule has 2 rings (SSSR count). The van der Waals surface area contributed by atoms with Crippen LogP contribution >= 0.6 is 0 Å². The molecule has 6 heteroatoms. The molecule has 1 N–H and O–H groups in total. The molecule has 0 bridgehead atoms. The zero-order valence-corrected chi connectivity index (χ0v) is 17.0. The summed E-state index contributed by atoms with van der Waals surface area (Å²) in [5.41, 5.74) is -1.11. The molecule has 0 aromatic heterocycles. The van der Waals surface area contributed by atoms with E-state index in [-0.39, 0.29) is 6.61 Å². The van der Waals surface area contributed by atoms with Crippen LogP contribution in [0.4, 0.5) is 0 Å². The number of benzene rings is 2. The largest absolute Gasteiger partial charge is 0.497 e. The van der Waals surface area contributed by atoms with Gasteiger partial charge in [-0.05, 0) is 48.5 Å². The van der Waals surface area contributed by atoms with Crippen molar-refractivity contribution < 1.29 is 24.1 Å². The Morgan fingerprint density at radius 2 is 1.32 bits per heavy atom. The van der Waals surface area contributed by atoms with E-state index in [1.165, 1.54) is 0 Å². The summed E-state index contributed by atoms with van der Waals surface area (Å²) in [7, 11) is 3.12. The van der Waals surface area contributed by atoms with Crippen LogP contribution in [-0.2, 0) is 15.1 Å². The molecule has 0 radical (unpaired) electrons. The predicted octanol–water partition coefficient (Wildman–Crippen LogP) is 2.82. The number of esters is 1. The van der Waals surface area contributed by atoms with Gasteiger partial charge in [-0.3, -0.25) is 0 Å². The van der Waals surface area contributed by atoms with Crippen LogP contribution < -0.4 is 9.47 Å². The molecule has 28 heavy (non-hydrogen) atoms. The molecule has 0 aliphatic carbocycles. The maximum absolute atomic E-state index is 13.0. The van der Waals surface area contributed by atoms with Gasteiger partial charge in [-0.2, -0.15) is 0 Å². The molecule has 0 unspecified atom stereocenters. The Balaban J connectivity index is 2.32. The van der Waals surface area contributed by atoms with Gasteiger partial charge in [-0.25, -0.2) is 4.79 Å². The second-order valence-electron chi connectivity index (χ2n) is 6.33. The fourth-order valence-electron chi connectivity index (χ4n) is 2.98. The molecule has 0 aliphatic heterocycles. The van der Waals surface area contributed by atoms with Crippen LogP contribution in [0.25, 0.3) is 0 Å². The number of carbonyl (C=O) groups is 1. The lowest BCUT2D eigenvalue weighted by molar-refractivity contribution is -0.162. The van der Waals surface area contributed by atoms with E-state index < -0.39 is 11.6 Å². The molecular formula is C22H29NO5. The van der Waals surface area contributed by atoms with Crippen LogP contribution in [0, 0.1) is 0 Å². The van der Waals surface area contributed by atoms with Gasteiger partial charge in [0.15, 0.2) is 0 Å². The highest BCUT2D eigenvalue weighted by Gasteiger charge is 2.41. The minimum absolute atomic E-state index is 0.204. The van der Waals surface area contributed by atoms with Crippen LogP contribution in [0.2, 0.25) is 0 Å². The maximum Gasteiger partial charge on any atom is 0.347 e. The lowest BCUT2D eigenvalue weighted by Crippen LogP contribution is -2.40. The van der Waals surface area contributed by atoms with E-state index in [0.29, 0.717) is 29.2 Å². The third-order valence-corrected chi connectivity index (χ3v) is 4.85. The maximum atomic E-state index is 13.0. The van der Waals surface area contributed by atoms with Crippen molar-refractivity contribution in [1.29, 1.82) is 0 Å². The monoisotopic (exact) mass is 387 g/mol. The third kappa shape index (κ3) is 4.82. The fourth-order valence-corrected chi connectivity index (χ4v) is 2.98. The Kier molecular flexibility index (Phi) is 7.84. The highest BCUT2D eigenvalue weighted by Crippen LogP contribution is 2.33. The lowest BCUT2D eigenvalue weighted by atomic mass is 9.86. The number of ether oxygens (including phenoxy) is 3. The number of nitrogens with zero attached hydrogens (tertiary/aromatic N) is 1. The number of carbonyl (C=O) groups excluding carboxylic acids is 1. The molecule has 2 aromatic carbocycles. The fraction of sp³-hybridized carbons (Fsp3) is 0.409. The van der Waals surface area contributed by atoms with Crippen molar-refractivity contribution in [3.8, 4) is 11.5 Å². The van der Waals surface area contributed by atoms with Crippen molar-refractivity contribution in [2.24, 2.45) is 0 Å². The molecule has 0 saturated carbocycles. The Bertz CT molecular complexity index is 691. The van der Waals surface area contributed by atoms with Gasteiger partial charge in [0.25, 0.3) is 0 Å². The third-order valence-electron chi connectivity index (χ3n) is 4.85. The summed E-state index contributed by atoms with van der Waals surface area (Å²) in [5.74, 6) is 0.557. The zero-order valence-electron chi connectivity index (χ0n) is 17.0. The Morgan fingerprint density at radius 3 is 1.68 bits per heavy atom. The molecular weight excluding hydrogens is 358 g/mol. The summed E-state index contributed by atoms with van der Waals surface area (Å²) < 4.78 is 15.8. The van der Waals surface area contributed by atoms with E-state index >= 15 is 0 Å². The predicted molar refractivity (Wildman–Crippen MR) is 108 cm³/mol. The quantitative estimate of drug-likeness (QED) is 0.633. The van der Waals surface area contributed by atoms with Gasteiger partial charge < -0.3 is 24.2 Å². The van der Waals surface area contributed by atoms with Crippen molar-refractivity contribution in [3.63, 3.8) is 0 Å². The number of rotatable bonds is 10. The van der Waals surface area contributed by atoms with Crippen molar-refractivity contribution >= 4 is 5.97 Å². The molecule has 0 amide bonds. The van der Waals surface area contributed by atoms with Crippen LogP contribution in [0.1, 0.15) is 25.0 Å². The molecule has 0 aliphatic rings. The molecule has 0 fully saturated rings. The van der Waals surface area contributed by atoms with Crippen LogP contribution in [0.15, 0.2) is 48.5 Å². The van der Waals surface area contributed by atoms with E-state index in [1.54, 1.807) is 62.8 Å². The number of aliphatic hydroxyl groups is 1. The average molecular weight is 387 g/mol. The van der Waals surface area contributed by atoms with Gasteiger partial charge in [0, 0.05) is 6.54 Å². The van der Waals surface area contributed by atoms with E-state index in [0.717, 1.165) is 13.1 Å². The summed E-state index contributed by atoms with van der Waals surface area (Å²) in [6, 6.07) is 13.5. The van der Waals surface area contributed by atoms with Crippen molar-refractivity contribution in [2.75, 3.05) is 40.5 Å². The van der Waals surface area contributed by atoms with Crippen molar-refractivity contribution in [1.82, 2.24) is 4.90 Å². The van der Waals surface area contributed by atoms with Gasteiger partial charge in [0.05, 0.1) is 14.2 Å². The van der Waals surface area contributed by atoms with Gasteiger partial charge >= 0.3 is 5.97 Å². The molecule has 0 saturated heterocycles. The topological polar surface area (TPSA) is 68.2 Å². The highest BCUT2D eigenvalue weighted by atomic mass is 16.5. The van der Waals surface area contributed by atoms with Crippen molar-refractivity contribution in [2.45, 2.75) is 19.4 Å². The zero-order chi connectivity index (χ0) is 20.6. The van der Waals surface area contributed by atoms with E-state index in [2.05, 4.69) is 18.7 Å². The Morgan fingerprint density at radius 1 is 0.893 bits per heavy atom. The summed E-state index contributed by atoms with van der Waals surface area (Å²) in [4.78, 5) is 15.1. The summed E-state index contributed by atoms with van der Waals surface area (Å²) in [6.07, 6.45) is 0. The Hall–Kier alpha value is -2.57. The summed E-state index contributed by atoms with van der Waals surface area (Å²) in [5, 5.41) is 11.5. The van der Waals surface area contributed by atoms with Gasteiger partial charge in [-0.15, -0.1) is 0 Å². The number of methoxy groups -OCH3 is 2.